The summed E-state index contributed by atoms with van der Waals surface area (Å²) in [5.74, 6) is 1.53. The molecule has 0 spiro atoms. The molecule has 2 heterocycles. The van der Waals surface area contributed by atoms with Gasteiger partial charge in [0, 0.05) is 16.4 Å². The summed E-state index contributed by atoms with van der Waals surface area (Å²) in [6, 6.07) is -0.0455. The number of carboxylic acid groups (broad SMARTS) is 1. The van der Waals surface area contributed by atoms with Crippen molar-refractivity contribution in [1.29, 1.82) is 0 Å². The third kappa shape index (κ3) is 5.18. The number of carbonyl (C=O) groups is 1. The molecular formula is C41H66N4O4. The second kappa shape index (κ2) is 12.3. The Hall–Kier alpha value is -2.03. The minimum Gasteiger partial charge on any atom is -0.481 e. The van der Waals surface area contributed by atoms with Crippen LogP contribution in [0.4, 0.5) is 0 Å². The van der Waals surface area contributed by atoms with Crippen molar-refractivity contribution in [2.75, 3.05) is 19.8 Å². The standard InChI is InChI=1S/C41H66N4O4/c1-12-13-32-43-24-44-45(32)30-20-41-23-48-21-37(8,34(30)49-22-40(11,42)26(4)5)31(41)15-14-28-29(41)16-17-39(10)33(35(46)47)36(7,27(6)25(2)3)18-19-38(28,39)9/h12-13,16,24-28,30-31,33-34H,14-15,17-23,42H2,1-11H3,(H,46,47)/b13-12+/t27-,28+,30-,31+,33-,34+,36-,37-,38-,39+,40+,41+/m1/s1. The summed E-state index contributed by atoms with van der Waals surface area (Å²) in [5, 5.41) is 15.9. The summed E-state index contributed by atoms with van der Waals surface area (Å²) in [7, 11) is 0. The molecule has 6 rings (SSSR count). The third-order valence-corrected chi connectivity index (χ3v) is 16.2. The van der Waals surface area contributed by atoms with Gasteiger partial charge in [0.25, 0.3) is 0 Å². The second-order valence-electron chi connectivity index (χ2n) is 19.1. The SMILES string of the molecule is C/C=C/c1ncnn1[C@@H]1C[C@@]23COC[C@](C)([C@@H]2CC[C@H]2C3=CC[C@@]3(C)[C@H](C(=O)O)[C@@](C)([C@H](C)C(C)C)CC[C@]23C)[C@H]1OC[C@](C)(N)C(C)C. The van der Waals surface area contributed by atoms with Gasteiger partial charge in [-0.15, -0.1) is 0 Å². The number of hydrogen-bond donors (Lipinski definition) is 2. The smallest absolute Gasteiger partial charge is 0.307 e. The Labute approximate surface area is 296 Å². The van der Waals surface area contributed by atoms with E-state index in [9.17, 15) is 9.90 Å². The number of carboxylic acids is 1. The zero-order valence-corrected chi connectivity index (χ0v) is 32.4. The summed E-state index contributed by atoms with van der Waals surface area (Å²) >= 11 is 0. The van der Waals surface area contributed by atoms with Crippen LogP contribution in [-0.2, 0) is 14.3 Å². The summed E-state index contributed by atoms with van der Waals surface area (Å²) in [4.78, 5) is 18.2. The monoisotopic (exact) mass is 679 g/mol. The minimum atomic E-state index is -0.616. The van der Waals surface area contributed by atoms with Gasteiger partial charge < -0.3 is 20.3 Å². The van der Waals surface area contributed by atoms with Crippen LogP contribution in [0.1, 0.15) is 127 Å². The molecule has 3 N–H and O–H groups in total. The van der Waals surface area contributed by atoms with E-state index >= 15 is 0 Å². The predicted octanol–water partition coefficient (Wildman–Crippen LogP) is 8.20. The first-order valence-electron chi connectivity index (χ1n) is 19.3. The molecule has 12 atom stereocenters. The van der Waals surface area contributed by atoms with E-state index in [1.165, 1.54) is 5.57 Å². The maximum Gasteiger partial charge on any atom is 0.307 e. The summed E-state index contributed by atoms with van der Waals surface area (Å²) in [6.07, 6.45) is 13.9. The summed E-state index contributed by atoms with van der Waals surface area (Å²) < 4.78 is 15.9. The minimum absolute atomic E-state index is 0.0455. The molecule has 274 valence electrons. The summed E-state index contributed by atoms with van der Waals surface area (Å²) in [6.45, 7) is 26.5. The van der Waals surface area contributed by atoms with Crippen molar-refractivity contribution in [3.63, 3.8) is 0 Å². The van der Waals surface area contributed by atoms with Gasteiger partial charge in [-0.05, 0) is 104 Å². The van der Waals surface area contributed by atoms with Gasteiger partial charge >= 0.3 is 5.97 Å². The number of aliphatic carboxylic acids is 1. The zero-order valence-electron chi connectivity index (χ0n) is 32.4. The lowest BCUT2D eigenvalue weighted by Crippen LogP contribution is -2.69. The Morgan fingerprint density at radius 3 is 2.49 bits per heavy atom. The molecule has 0 radical (unpaired) electrons. The van der Waals surface area contributed by atoms with Crippen LogP contribution < -0.4 is 5.73 Å². The fraction of sp³-hybridized carbons (Fsp3) is 0.829. The highest BCUT2D eigenvalue weighted by Gasteiger charge is 2.72. The molecule has 8 heteroatoms. The average molecular weight is 679 g/mol. The van der Waals surface area contributed by atoms with Gasteiger partial charge in [0.2, 0.25) is 0 Å². The molecule has 8 nitrogen and oxygen atoms in total. The first-order valence-corrected chi connectivity index (χ1v) is 19.3. The van der Waals surface area contributed by atoms with Crippen LogP contribution in [0.2, 0.25) is 0 Å². The third-order valence-electron chi connectivity index (χ3n) is 16.2. The molecule has 3 saturated carbocycles. The van der Waals surface area contributed by atoms with Crippen LogP contribution in [0.3, 0.4) is 0 Å². The highest BCUT2D eigenvalue weighted by Crippen LogP contribution is 2.75. The predicted molar refractivity (Wildman–Crippen MR) is 195 cm³/mol. The molecule has 1 aromatic rings. The van der Waals surface area contributed by atoms with E-state index in [1.807, 2.05) is 19.1 Å². The lowest BCUT2D eigenvalue weighted by atomic mass is 9.34. The average Bonchev–Trinajstić information content (AvgIpc) is 3.48. The number of fused-ring (bicyclic) bond motifs is 3. The quantitative estimate of drug-likeness (QED) is 0.253. The molecule has 4 fully saturated rings. The van der Waals surface area contributed by atoms with Crippen LogP contribution in [0.25, 0.3) is 6.08 Å². The lowest BCUT2D eigenvalue weighted by Gasteiger charge is -2.71. The molecule has 5 aliphatic rings. The van der Waals surface area contributed by atoms with Crippen molar-refractivity contribution >= 4 is 12.0 Å². The first kappa shape index (κ1) is 36.8. The maximum absolute atomic E-state index is 13.5. The number of nitrogens with zero attached hydrogens (tertiary/aromatic N) is 3. The van der Waals surface area contributed by atoms with Crippen molar-refractivity contribution in [3.8, 4) is 0 Å². The Bertz CT molecular complexity index is 1480. The topological polar surface area (TPSA) is 112 Å². The number of nitrogens with two attached hydrogens (primary N) is 1. The molecule has 1 aliphatic heterocycles. The van der Waals surface area contributed by atoms with E-state index in [4.69, 9.17) is 20.3 Å². The number of rotatable bonds is 9. The van der Waals surface area contributed by atoms with Gasteiger partial charge in [0.15, 0.2) is 5.82 Å². The summed E-state index contributed by atoms with van der Waals surface area (Å²) in [5.41, 5.74) is 6.71. The molecule has 2 bridgehead atoms. The number of hydrogen-bond acceptors (Lipinski definition) is 6. The van der Waals surface area contributed by atoms with E-state index in [2.05, 4.69) is 85.0 Å². The van der Waals surface area contributed by atoms with Gasteiger partial charge in [-0.3, -0.25) is 4.79 Å². The van der Waals surface area contributed by atoms with Gasteiger partial charge in [-0.25, -0.2) is 9.67 Å². The van der Waals surface area contributed by atoms with E-state index in [0.29, 0.717) is 43.5 Å². The van der Waals surface area contributed by atoms with Crippen LogP contribution >= 0.6 is 0 Å². The number of allylic oxidation sites excluding steroid dienone is 2. The lowest BCUT2D eigenvalue weighted by molar-refractivity contribution is -0.252. The van der Waals surface area contributed by atoms with Crippen molar-refractivity contribution < 1.29 is 19.4 Å². The Morgan fingerprint density at radius 2 is 1.86 bits per heavy atom. The van der Waals surface area contributed by atoms with Gasteiger partial charge in [-0.1, -0.05) is 80.0 Å². The van der Waals surface area contributed by atoms with E-state index in [0.717, 1.165) is 44.3 Å². The fourth-order valence-corrected chi connectivity index (χ4v) is 12.3. The first-order chi connectivity index (χ1) is 22.8. The van der Waals surface area contributed by atoms with Crippen LogP contribution in [0.15, 0.2) is 24.1 Å². The van der Waals surface area contributed by atoms with Gasteiger partial charge in [0.05, 0.1) is 37.9 Å². The molecule has 4 aliphatic carbocycles. The Kier molecular flexibility index (Phi) is 9.22. The number of ether oxygens (including phenoxy) is 2. The molecular weight excluding hydrogens is 612 g/mol. The van der Waals surface area contributed by atoms with E-state index in [-0.39, 0.29) is 45.1 Å². The molecule has 0 unspecified atom stereocenters. The molecule has 1 saturated heterocycles. The highest BCUT2D eigenvalue weighted by atomic mass is 16.5. The molecule has 0 aromatic carbocycles. The molecule has 0 amide bonds. The van der Waals surface area contributed by atoms with Crippen molar-refractivity contribution in [2.24, 2.45) is 68.3 Å². The largest absolute Gasteiger partial charge is 0.481 e. The Morgan fingerprint density at radius 1 is 1.14 bits per heavy atom. The van der Waals surface area contributed by atoms with Crippen LogP contribution in [0.5, 0.6) is 0 Å². The van der Waals surface area contributed by atoms with Crippen molar-refractivity contribution in [2.45, 2.75) is 132 Å². The normalized spacial score (nSPS) is 43.8. The van der Waals surface area contributed by atoms with Crippen molar-refractivity contribution in [3.05, 3.63) is 29.9 Å². The molecule has 1 aromatic heterocycles. The van der Waals surface area contributed by atoms with E-state index in [1.54, 1.807) is 6.33 Å². The fourth-order valence-electron chi connectivity index (χ4n) is 12.3. The highest BCUT2D eigenvalue weighted by molar-refractivity contribution is 5.73. The second-order valence-corrected chi connectivity index (χ2v) is 19.1. The van der Waals surface area contributed by atoms with Gasteiger partial charge in [-0.2, -0.15) is 5.10 Å². The van der Waals surface area contributed by atoms with Crippen LogP contribution in [0, 0.1) is 62.6 Å². The zero-order chi connectivity index (χ0) is 35.9. The number of aromatic nitrogens is 3. The van der Waals surface area contributed by atoms with Crippen LogP contribution in [-0.4, -0.2) is 57.3 Å². The Balaban J connectivity index is 1.47. The molecule has 49 heavy (non-hydrogen) atoms. The van der Waals surface area contributed by atoms with Gasteiger partial charge in [0.1, 0.15) is 6.33 Å². The maximum atomic E-state index is 13.5. The van der Waals surface area contributed by atoms with E-state index < -0.39 is 17.4 Å². The van der Waals surface area contributed by atoms with Crippen molar-refractivity contribution in [1.82, 2.24) is 14.8 Å².